The maximum atomic E-state index is 11.8. The third kappa shape index (κ3) is 8.61. The SMILES string of the molecule is CC(C)(C)c1cc(-c2cc(-c3ccc(C(C)(C)c4ccccc4)cc3)ccn2)[c-]c(-c2cccc3oc(-c4cc(C(C)(C)C)cc(Cc5ccccc5)c4O)nc23)c1.[Pt]. The predicted molar refractivity (Wildman–Crippen MR) is 239 cm³/mol. The fourth-order valence-corrected chi connectivity index (χ4v) is 7.67. The molecule has 0 aliphatic carbocycles. The fraction of sp³-hybridized carbons (Fsp3) is 0.222. The summed E-state index contributed by atoms with van der Waals surface area (Å²) in [6.07, 6.45) is 2.48. The van der Waals surface area contributed by atoms with Gasteiger partial charge in [-0.1, -0.05) is 176 Å². The molecule has 300 valence electrons. The van der Waals surface area contributed by atoms with Gasteiger partial charge in [0.1, 0.15) is 11.3 Å². The molecule has 6 aromatic carbocycles. The molecule has 2 heterocycles. The summed E-state index contributed by atoms with van der Waals surface area (Å²) in [5.74, 6) is 0.578. The summed E-state index contributed by atoms with van der Waals surface area (Å²) in [5.41, 5.74) is 14.1. The Kier molecular flexibility index (Phi) is 11.4. The number of rotatable bonds is 8. The van der Waals surface area contributed by atoms with E-state index in [1.54, 1.807) is 0 Å². The van der Waals surface area contributed by atoms with Crippen LogP contribution in [0.2, 0.25) is 0 Å². The van der Waals surface area contributed by atoms with Gasteiger partial charge in [0.2, 0.25) is 5.89 Å². The second kappa shape index (κ2) is 16.2. The minimum absolute atomic E-state index is 0. The summed E-state index contributed by atoms with van der Waals surface area (Å²) in [6.45, 7) is 17.8. The second-order valence-electron chi connectivity index (χ2n) is 18.1. The molecule has 0 amide bonds. The Hall–Kier alpha value is -5.57. The van der Waals surface area contributed by atoms with E-state index >= 15 is 0 Å². The van der Waals surface area contributed by atoms with Crippen LogP contribution in [0, 0.1) is 6.07 Å². The summed E-state index contributed by atoms with van der Waals surface area (Å²) in [5, 5.41) is 11.8. The van der Waals surface area contributed by atoms with Gasteiger partial charge in [-0.3, -0.25) is 4.98 Å². The van der Waals surface area contributed by atoms with E-state index in [2.05, 4.69) is 165 Å². The number of nitrogens with zero attached hydrogens (tertiary/aromatic N) is 2. The molecule has 5 heteroatoms. The first-order valence-electron chi connectivity index (χ1n) is 20.2. The third-order valence-electron chi connectivity index (χ3n) is 11.4. The van der Waals surface area contributed by atoms with Crippen molar-refractivity contribution >= 4 is 11.1 Å². The zero-order valence-corrected chi connectivity index (χ0v) is 37.4. The van der Waals surface area contributed by atoms with E-state index in [0.29, 0.717) is 23.5 Å². The molecule has 0 saturated carbocycles. The standard InChI is InChI=1S/C54H51N2O2.Pt/c1-52(2,3)43-30-38(29-39(31-43)47-33-37(26-27-55-47)36-22-24-42(25-23-36)54(7,8)41-18-13-10-14-19-41)45-20-15-21-48-49(45)56-51(58-48)46-34-44(53(4,5)6)32-40(50(46)57)28-35-16-11-9-12-17-35;/h9-27,30-34,57H,28H2,1-8H3;/q-1;. The molecule has 8 rings (SSSR count). The van der Waals surface area contributed by atoms with E-state index in [4.69, 9.17) is 14.4 Å². The molecule has 0 atom stereocenters. The number of phenols is 1. The summed E-state index contributed by atoms with van der Waals surface area (Å²) in [6, 6.07) is 52.3. The number of oxazole rings is 1. The van der Waals surface area contributed by atoms with Crippen molar-refractivity contribution in [3.8, 4) is 50.7 Å². The van der Waals surface area contributed by atoms with Crippen LogP contribution >= 0.6 is 0 Å². The zero-order chi connectivity index (χ0) is 40.8. The van der Waals surface area contributed by atoms with Crippen LogP contribution in [-0.2, 0) is 43.7 Å². The first kappa shape index (κ1) is 41.6. The van der Waals surface area contributed by atoms with Crippen molar-refractivity contribution in [3.63, 3.8) is 0 Å². The maximum Gasteiger partial charge on any atom is 0.230 e. The number of pyridine rings is 1. The Balaban J connectivity index is 0.00000528. The molecule has 2 aromatic heterocycles. The second-order valence-corrected chi connectivity index (χ2v) is 18.1. The zero-order valence-electron chi connectivity index (χ0n) is 35.1. The minimum Gasteiger partial charge on any atom is -0.507 e. The van der Waals surface area contributed by atoms with Gasteiger partial charge < -0.3 is 9.52 Å². The van der Waals surface area contributed by atoms with E-state index in [1.165, 1.54) is 11.1 Å². The first-order chi connectivity index (χ1) is 27.6. The van der Waals surface area contributed by atoms with E-state index in [9.17, 15) is 5.11 Å². The number of aromatic nitrogens is 2. The van der Waals surface area contributed by atoms with Gasteiger partial charge in [-0.25, -0.2) is 4.98 Å². The Morgan fingerprint density at radius 2 is 1.20 bits per heavy atom. The number of hydrogen-bond acceptors (Lipinski definition) is 4. The van der Waals surface area contributed by atoms with Crippen LogP contribution in [0.15, 0.2) is 150 Å². The molecule has 4 nitrogen and oxygen atoms in total. The molecule has 0 fully saturated rings. The van der Waals surface area contributed by atoms with Crippen molar-refractivity contribution in [2.45, 2.75) is 78.1 Å². The van der Waals surface area contributed by atoms with Crippen LogP contribution in [0.4, 0.5) is 0 Å². The summed E-state index contributed by atoms with van der Waals surface area (Å²) >= 11 is 0. The van der Waals surface area contributed by atoms with Crippen molar-refractivity contribution < 1.29 is 30.6 Å². The van der Waals surface area contributed by atoms with Crippen LogP contribution in [0.3, 0.4) is 0 Å². The Bertz CT molecular complexity index is 2740. The molecule has 0 spiro atoms. The molecule has 0 aliphatic rings. The van der Waals surface area contributed by atoms with Gasteiger partial charge in [0.25, 0.3) is 0 Å². The average Bonchev–Trinajstić information content (AvgIpc) is 3.66. The number of hydrogen-bond donors (Lipinski definition) is 1. The Labute approximate surface area is 363 Å². The van der Waals surface area contributed by atoms with Gasteiger partial charge in [-0.05, 0) is 68.0 Å². The van der Waals surface area contributed by atoms with Gasteiger partial charge in [0.15, 0.2) is 0 Å². The maximum absolute atomic E-state index is 11.8. The number of fused-ring (bicyclic) bond motifs is 1. The predicted octanol–water partition coefficient (Wildman–Crippen LogP) is 13.9. The number of aromatic hydroxyl groups is 1. The van der Waals surface area contributed by atoms with Crippen LogP contribution in [0.5, 0.6) is 5.75 Å². The molecule has 0 bridgehead atoms. The van der Waals surface area contributed by atoms with E-state index in [0.717, 1.165) is 61.3 Å². The van der Waals surface area contributed by atoms with Gasteiger partial charge >= 0.3 is 0 Å². The molecule has 0 radical (unpaired) electrons. The average molecular weight is 955 g/mol. The van der Waals surface area contributed by atoms with Crippen molar-refractivity contribution in [3.05, 3.63) is 185 Å². The molecule has 0 saturated heterocycles. The van der Waals surface area contributed by atoms with Crippen LogP contribution in [-0.4, -0.2) is 15.1 Å². The molecular formula is C54H51N2O2Pt-. The summed E-state index contributed by atoms with van der Waals surface area (Å²) in [4.78, 5) is 10.00. The van der Waals surface area contributed by atoms with E-state index < -0.39 is 0 Å². The smallest absolute Gasteiger partial charge is 0.230 e. The molecule has 1 N–H and O–H groups in total. The van der Waals surface area contributed by atoms with Gasteiger partial charge in [0, 0.05) is 44.8 Å². The number of para-hydroxylation sites is 1. The molecular weight excluding hydrogens is 904 g/mol. The van der Waals surface area contributed by atoms with Crippen molar-refractivity contribution in [1.82, 2.24) is 9.97 Å². The molecule has 0 unspecified atom stereocenters. The van der Waals surface area contributed by atoms with Crippen molar-refractivity contribution in [2.75, 3.05) is 0 Å². The van der Waals surface area contributed by atoms with Gasteiger partial charge in [-0.15, -0.1) is 29.3 Å². The topological polar surface area (TPSA) is 59.2 Å². The Morgan fingerprint density at radius 1 is 0.576 bits per heavy atom. The van der Waals surface area contributed by atoms with Crippen molar-refractivity contribution in [2.24, 2.45) is 0 Å². The molecule has 59 heavy (non-hydrogen) atoms. The first-order valence-corrected chi connectivity index (χ1v) is 20.2. The number of phenolic OH excluding ortho intramolecular Hbond substituents is 1. The summed E-state index contributed by atoms with van der Waals surface area (Å²) < 4.78 is 6.50. The van der Waals surface area contributed by atoms with Crippen LogP contribution < -0.4 is 0 Å². The monoisotopic (exact) mass is 954 g/mol. The Morgan fingerprint density at radius 3 is 1.88 bits per heavy atom. The van der Waals surface area contributed by atoms with Crippen molar-refractivity contribution in [1.29, 1.82) is 0 Å². The number of benzene rings is 6. The summed E-state index contributed by atoms with van der Waals surface area (Å²) in [7, 11) is 0. The van der Waals surface area contributed by atoms with E-state index in [-0.39, 0.29) is 43.1 Å². The van der Waals surface area contributed by atoms with Gasteiger partial charge in [0.05, 0.1) is 11.1 Å². The minimum atomic E-state index is -0.155. The van der Waals surface area contributed by atoms with Gasteiger partial charge in [-0.2, -0.15) is 0 Å². The van der Waals surface area contributed by atoms with Crippen LogP contribution in [0.25, 0.3) is 56.1 Å². The quantitative estimate of drug-likeness (QED) is 0.154. The normalized spacial score (nSPS) is 12.1. The largest absolute Gasteiger partial charge is 0.507 e. The third-order valence-corrected chi connectivity index (χ3v) is 11.4. The van der Waals surface area contributed by atoms with Crippen LogP contribution in [0.1, 0.15) is 88.8 Å². The van der Waals surface area contributed by atoms with E-state index in [1.807, 2.05) is 42.6 Å². The molecule has 8 aromatic rings. The molecule has 0 aliphatic heterocycles. The fourth-order valence-electron chi connectivity index (χ4n) is 7.67.